The van der Waals surface area contributed by atoms with Gasteiger partial charge in [0.15, 0.2) is 0 Å². The molecule has 0 amide bonds. The molecule has 0 fully saturated rings. The van der Waals surface area contributed by atoms with Crippen LogP contribution in [0.3, 0.4) is 0 Å². The van der Waals surface area contributed by atoms with Crippen molar-refractivity contribution in [2.75, 3.05) is 6.61 Å². The third-order valence-electron chi connectivity index (χ3n) is 4.97. The van der Waals surface area contributed by atoms with E-state index >= 15 is 0 Å². The van der Waals surface area contributed by atoms with Crippen molar-refractivity contribution in [3.8, 4) is 0 Å². The molecule has 1 aliphatic rings. The van der Waals surface area contributed by atoms with E-state index in [1.807, 2.05) is 25.1 Å². The Bertz CT molecular complexity index is 971. The largest absolute Gasteiger partial charge is 0.461 e. The molecule has 1 aromatic carbocycles. The van der Waals surface area contributed by atoms with Gasteiger partial charge in [-0.1, -0.05) is 37.3 Å². The lowest BCUT2D eigenvalue weighted by Crippen LogP contribution is -2.12. The highest BCUT2D eigenvalue weighted by atomic mass is 16.5. The summed E-state index contributed by atoms with van der Waals surface area (Å²) in [6.07, 6.45) is 6.66. The van der Waals surface area contributed by atoms with Gasteiger partial charge in [-0.25, -0.2) is 9.78 Å². The number of benzene rings is 1. The number of hydrogen-bond donors (Lipinski definition) is 1. The number of rotatable bonds is 3. The summed E-state index contributed by atoms with van der Waals surface area (Å²) in [5.41, 5.74) is 3.43. The Hall–Kier alpha value is -2.62. The number of para-hydroxylation sites is 1. The topological polar surface area (TPSA) is 55.0 Å². The van der Waals surface area contributed by atoms with E-state index in [1.165, 1.54) is 0 Å². The Kier molecular flexibility index (Phi) is 4.04. The first-order valence-corrected chi connectivity index (χ1v) is 8.94. The Balaban J connectivity index is 1.95. The number of aromatic nitrogens is 2. The van der Waals surface area contributed by atoms with Crippen molar-refractivity contribution in [3.63, 3.8) is 0 Å². The fourth-order valence-corrected chi connectivity index (χ4v) is 3.63. The van der Waals surface area contributed by atoms with Gasteiger partial charge in [0.1, 0.15) is 5.69 Å². The highest BCUT2D eigenvalue weighted by Gasteiger charge is 2.23. The Morgan fingerprint density at radius 2 is 2.08 bits per heavy atom. The molecule has 2 heterocycles. The fraction of sp³-hybridized carbons (Fsp3) is 0.333. The second kappa shape index (κ2) is 6.36. The molecule has 4 heteroatoms. The Morgan fingerprint density at radius 1 is 1.24 bits per heavy atom. The zero-order chi connectivity index (χ0) is 17.4. The molecule has 3 aromatic rings. The van der Waals surface area contributed by atoms with Crippen LogP contribution in [0.2, 0.25) is 0 Å². The fourth-order valence-electron chi connectivity index (χ4n) is 3.63. The van der Waals surface area contributed by atoms with E-state index in [-0.39, 0.29) is 11.9 Å². The van der Waals surface area contributed by atoms with Crippen LogP contribution in [0.25, 0.3) is 21.8 Å². The summed E-state index contributed by atoms with van der Waals surface area (Å²) < 4.78 is 5.20. The normalized spacial score (nSPS) is 20.2. The summed E-state index contributed by atoms with van der Waals surface area (Å²) in [5, 5.41) is 2.15. The van der Waals surface area contributed by atoms with E-state index in [1.54, 1.807) is 0 Å². The Morgan fingerprint density at radius 3 is 2.84 bits per heavy atom. The van der Waals surface area contributed by atoms with E-state index in [0.717, 1.165) is 40.3 Å². The molecule has 0 spiro atoms. The highest BCUT2D eigenvalue weighted by molar-refractivity contribution is 6.09. The van der Waals surface area contributed by atoms with Crippen LogP contribution in [-0.4, -0.2) is 22.5 Å². The molecule has 128 valence electrons. The second-order valence-electron chi connectivity index (χ2n) is 6.75. The number of esters is 1. The van der Waals surface area contributed by atoms with Crippen LogP contribution >= 0.6 is 0 Å². The lowest BCUT2D eigenvalue weighted by molar-refractivity contribution is 0.0519. The number of nitrogens with one attached hydrogen (secondary N) is 1. The summed E-state index contributed by atoms with van der Waals surface area (Å²) in [4.78, 5) is 20.5. The van der Waals surface area contributed by atoms with Crippen LogP contribution < -0.4 is 0 Å². The van der Waals surface area contributed by atoms with E-state index in [9.17, 15) is 4.79 Å². The number of nitrogens with zero attached hydrogens (tertiary/aromatic N) is 1. The average molecular weight is 334 g/mol. The molecular weight excluding hydrogens is 312 g/mol. The number of fused-ring (bicyclic) bond motifs is 3. The number of allylic oxidation sites excluding steroid dienone is 2. The number of pyridine rings is 1. The SMILES string of the molecule is CCOC(=O)c1cc2c([nH]c3ccccc32)c(C2C=CC(C)CC2)n1. The summed E-state index contributed by atoms with van der Waals surface area (Å²) in [6, 6.07) is 10.0. The summed E-state index contributed by atoms with van der Waals surface area (Å²) >= 11 is 0. The van der Waals surface area contributed by atoms with Gasteiger partial charge in [0.2, 0.25) is 0 Å². The van der Waals surface area contributed by atoms with Gasteiger partial charge in [0, 0.05) is 22.2 Å². The van der Waals surface area contributed by atoms with Crippen molar-refractivity contribution in [1.82, 2.24) is 9.97 Å². The third-order valence-corrected chi connectivity index (χ3v) is 4.97. The molecule has 2 atom stereocenters. The Labute approximate surface area is 146 Å². The molecule has 4 nitrogen and oxygen atoms in total. The first-order valence-electron chi connectivity index (χ1n) is 8.94. The average Bonchev–Trinajstić information content (AvgIpc) is 3.00. The van der Waals surface area contributed by atoms with Crippen molar-refractivity contribution in [1.29, 1.82) is 0 Å². The zero-order valence-electron chi connectivity index (χ0n) is 14.6. The van der Waals surface area contributed by atoms with Gasteiger partial charge in [0.05, 0.1) is 17.8 Å². The highest BCUT2D eigenvalue weighted by Crippen LogP contribution is 2.36. The number of hydrogen-bond acceptors (Lipinski definition) is 3. The minimum absolute atomic E-state index is 0.223. The van der Waals surface area contributed by atoms with Gasteiger partial charge in [-0.2, -0.15) is 0 Å². The first kappa shape index (κ1) is 15.9. The quantitative estimate of drug-likeness (QED) is 0.544. The maximum absolute atomic E-state index is 12.3. The molecule has 1 N–H and O–H groups in total. The van der Waals surface area contributed by atoms with E-state index < -0.39 is 0 Å². The maximum atomic E-state index is 12.3. The smallest absolute Gasteiger partial charge is 0.356 e. The molecule has 0 saturated carbocycles. The van der Waals surface area contributed by atoms with Crippen molar-refractivity contribution in [3.05, 3.63) is 53.9 Å². The summed E-state index contributed by atoms with van der Waals surface area (Å²) in [5.74, 6) is 0.466. The second-order valence-corrected chi connectivity index (χ2v) is 6.75. The molecule has 0 radical (unpaired) electrons. The van der Waals surface area contributed by atoms with Gasteiger partial charge in [0.25, 0.3) is 0 Å². The van der Waals surface area contributed by atoms with Crippen molar-refractivity contribution < 1.29 is 9.53 Å². The van der Waals surface area contributed by atoms with E-state index in [2.05, 4.69) is 36.2 Å². The molecule has 0 aliphatic heterocycles. The number of ether oxygens (including phenoxy) is 1. The molecule has 0 saturated heterocycles. The van der Waals surface area contributed by atoms with Crippen LogP contribution in [0.5, 0.6) is 0 Å². The van der Waals surface area contributed by atoms with E-state index in [4.69, 9.17) is 9.72 Å². The lowest BCUT2D eigenvalue weighted by atomic mass is 9.87. The maximum Gasteiger partial charge on any atom is 0.356 e. The van der Waals surface area contributed by atoms with Crippen molar-refractivity contribution in [2.24, 2.45) is 5.92 Å². The molecule has 0 bridgehead atoms. The predicted molar refractivity (Wildman–Crippen MR) is 99.8 cm³/mol. The molecule has 2 aromatic heterocycles. The minimum Gasteiger partial charge on any atom is -0.461 e. The monoisotopic (exact) mass is 334 g/mol. The minimum atomic E-state index is -0.357. The van der Waals surface area contributed by atoms with Crippen LogP contribution in [-0.2, 0) is 4.74 Å². The number of aromatic amines is 1. The molecule has 25 heavy (non-hydrogen) atoms. The van der Waals surface area contributed by atoms with Crippen LogP contribution in [0.1, 0.15) is 48.8 Å². The van der Waals surface area contributed by atoms with Gasteiger partial charge < -0.3 is 9.72 Å². The summed E-state index contributed by atoms with van der Waals surface area (Å²) in [6.45, 7) is 4.39. The van der Waals surface area contributed by atoms with Gasteiger partial charge >= 0.3 is 5.97 Å². The molecule has 1 aliphatic carbocycles. The van der Waals surface area contributed by atoms with Gasteiger partial charge in [-0.05, 0) is 37.8 Å². The van der Waals surface area contributed by atoms with Crippen LogP contribution in [0.4, 0.5) is 0 Å². The van der Waals surface area contributed by atoms with E-state index in [0.29, 0.717) is 18.2 Å². The van der Waals surface area contributed by atoms with Gasteiger partial charge in [-0.15, -0.1) is 0 Å². The summed E-state index contributed by atoms with van der Waals surface area (Å²) in [7, 11) is 0. The zero-order valence-corrected chi connectivity index (χ0v) is 14.6. The molecular formula is C21H22N2O2. The van der Waals surface area contributed by atoms with Gasteiger partial charge in [-0.3, -0.25) is 0 Å². The number of carbonyl (C=O) groups excluding carboxylic acids is 1. The van der Waals surface area contributed by atoms with Crippen molar-refractivity contribution >= 4 is 27.8 Å². The number of H-pyrrole nitrogens is 1. The standard InChI is InChI=1S/C21H22N2O2/c1-3-25-21(24)18-12-16-15-6-4-5-7-17(15)22-20(16)19(23-18)14-10-8-13(2)9-11-14/h4-8,10,12-14,22H,3,9,11H2,1-2H3. The molecule has 2 unspecified atom stereocenters. The van der Waals surface area contributed by atoms with Crippen molar-refractivity contribution in [2.45, 2.75) is 32.6 Å². The van der Waals surface area contributed by atoms with Crippen LogP contribution in [0.15, 0.2) is 42.5 Å². The molecule has 4 rings (SSSR count). The lowest BCUT2D eigenvalue weighted by Gasteiger charge is -2.20. The number of carbonyl (C=O) groups is 1. The third kappa shape index (κ3) is 2.82. The van der Waals surface area contributed by atoms with Crippen LogP contribution in [0, 0.1) is 5.92 Å². The first-order chi connectivity index (χ1) is 12.2. The predicted octanol–water partition coefficient (Wildman–Crippen LogP) is 4.96.